The monoisotopic (exact) mass is 327 g/mol. The van der Waals surface area contributed by atoms with E-state index in [-0.39, 0.29) is 17.7 Å². The van der Waals surface area contributed by atoms with Crippen molar-refractivity contribution < 1.29 is 14.7 Å². The van der Waals surface area contributed by atoms with Gasteiger partial charge in [-0.2, -0.15) is 5.10 Å². The van der Waals surface area contributed by atoms with E-state index in [4.69, 9.17) is 0 Å². The number of hydrogen-bond donors (Lipinski definition) is 1. The summed E-state index contributed by atoms with van der Waals surface area (Å²) in [7, 11) is 0. The van der Waals surface area contributed by atoms with Gasteiger partial charge < -0.3 is 10.0 Å². The molecule has 2 aromatic rings. The first kappa shape index (κ1) is 16.2. The van der Waals surface area contributed by atoms with Gasteiger partial charge in [-0.15, -0.1) is 0 Å². The number of hydrogen-bond acceptors (Lipinski definition) is 3. The lowest BCUT2D eigenvalue weighted by atomic mass is 9.87. The average Bonchev–Trinajstić information content (AvgIpc) is 3.00. The number of carboxylic acid groups (broad SMARTS) is 1. The maximum Gasteiger partial charge on any atom is 0.306 e. The van der Waals surface area contributed by atoms with Crippen LogP contribution in [0, 0.1) is 18.8 Å². The molecule has 1 aromatic heterocycles. The Morgan fingerprint density at radius 3 is 2.50 bits per heavy atom. The number of aryl methyl sites for hydroxylation is 1. The van der Waals surface area contributed by atoms with Crippen molar-refractivity contribution in [3.05, 3.63) is 47.8 Å². The molecule has 0 aliphatic carbocycles. The maximum absolute atomic E-state index is 12.6. The van der Waals surface area contributed by atoms with Crippen molar-refractivity contribution in [2.24, 2.45) is 11.8 Å². The summed E-state index contributed by atoms with van der Waals surface area (Å²) < 4.78 is 1.77. The van der Waals surface area contributed by atoms with Gasteiger partial charge in [0, 0.05) is 24.8 Å². The first-order valence-corrected chi connectivity index (χ1v) is 8.09. The first-order valence-electron chi connectivity index (χ1n) is 8.09. The molecule has 126 valence electrons. The molecule has 1 amide bonds. The minimum Gasteiger partial charge on any atom is -0.481 e. The van der Waals surface area contributed by atoms with Crippen LogP contribution in [0.5, 0.6) is 0 Å². The summed E-state index contributed by atoms with van der Waals surface area (Å²) in [5.74, 6) is -1.21. The molecule has 1 fully saturated rings. The highest BCUT2D eigenvalue weighted by atomic mass is 16.4. The third-order valence-corrected chi connectivity index (χ3v) is 4.60. The molecular formula is C18H21N3O3. The van der Waals surface area contributed by atoms with Gasteiger partial charge in [-0.25, -0.2) is 4.68 Å². The van der Waals surface area contributed by atoms with Gasteiger partial charge in [-0.1, -0.05) is 6.92 Å². The Hall–Kier alpha value is -2.63. The molecule has 0 bridgehead atoms. The topological polar surface area (TPSA) is 75.4 Å². The van der Waals surface area contributed by atoms with Crippen molar-refractivity contribution in [2.75, 3.05) is 13.1 Å². The number of rotatable bonds is 3. The van der Waals surface area contributed by atoms with Crippen molar-refractivity contribution in [3.8, 4) is 5.69 Å². The van der Waals surface area contributed by atoms with Crippen LogP contribution in [0.4, 0.5) is 0 Å². The van der Waals surface area contributed by atoms with Gasteiger partial charge in [0.15, 0.2) is 0 Å². The van der Waals surface area contributed by atoms with Crippen LogP contribution in [0.25, 0.3) is 5.69 Å². The van der Waals surface area contributed by atoms with E-state index in [1.807, 2.05) is 32.2 Å². The number of amides is 1. The van der Waals surface area contributed by atoms with Crippen LogP contribution >= 0.6 is 0 Å². The highest BCUT2D eigenvalue weighted by Gasteiger charge is 2.33. The minimum absolute atomic E-state index is 0.0356. The second kappa shape index (κ2) is 6.47. The Labute approximate surface area is 140 Å². The average molecular weight is 327 g/mol. The molecule has 1 aromatic carbocycles. The fraction of sp³-hybridized carbons (Fsp3) is 0.389. The van der Waals surface area contributed by atoms with E-state index in [0.717, 1.165) is 11.3 Å². The van der Waals surface area contributed by atoms with E-state index >= 15 is 0 Å². The van der Waals surface area contributed by atoms with Crippen molar-refractivity contribution in [1.29, 1.82) is 0 Å². The third-order valence-electron chi connectivity index (χ3n) is 4.60. The largest absolute Gasteiger partial charge is 0.481 e. The Kier molecular flexibility index (Phi) is 4.38. The molecular weight excluding hydrogens is 306 g/mol. The fourth-order valence-corrected chi connectivity index (χ4v) is 3.19. The number of aliphatic carboxylic acids is 1. The number of likely N-dealkylation sites (tertiary alicyclic amines) is 1. The zero-order valence-corrected chi connectivity index (χ0v) is 13.8. The highest BCUT2D eigenvalue weighted by molar-refractivity contribution is 5.94. The summed E-state index contributed by atoms with van der Waals surface area (Å²) in [4.78, 5) is 25.6. The standard InChI is InChI=1S/C18H21N3O3/c1-12-9-19-21(10-12)15-5-3-14(4-6-15)17(22)20-8-7-16(18(23)24)13(2)11-20/h3-6,9-10,13,16H,7-8,11H2,1-2H3,(H,23,24). The SMILES string of the molecule is Cc1cnn(-c2ccc(C(=O)N3CCC(C(=O)O)C(C)C3)cc2)c1. The lowest BCUT2D eigenvalue weighted by Crippen LogP contribution is -2.45. The quantitative estimate of drug-likeness (QED) is 0.939. The summed E-state index contributed by atoms with van der Waals surface area (Å²) in [6.07, 6.45) is 4.22. The number of aromatic nitrogens is 2. The number of benzene rings is 1. The Bertz CT molecular complexity index is 751. The molecule has 0 saturated carbocycles. The summed E-state index contributed by atoms with van der Waals surface area (Å²) in [5.41, 5.74) is 2.59. The van der Waals surface area contributed by atoms with Crippen LogP contribution in [0.3, 0.4) is 0 Å². The van der Waals surface area contributed by atoms with Crippen molar-refractivity contribution >= 4 is 11.9 Å². The normalized spacial score (nSPS) is 20.8. The summed E-state index contributed by atoms with van der Waals surface area (Å²) in [5, 5.41) is 13.4. The van der Waals surface area contributed by atoms with E-state index in [1.165, 1.54) is 0 Å². The minimum atomic E-state index is -0.770. The van der Waals surface area contributed by atoms with Gasteiger partial charge in [0.1, 0.15) is 0 Å². The lowest BCUT2D eigenvalue weighted by molar-refractivity contribution is -0.145. The van der Waals surface area contributed by atoms with E-state index < -0.39 is 5.97 Å². The molecule has 2 heterocycles. The predicted molar refractivity (Wildman–Crippen MR) is 89.1 cm³/mol. The molecule has 0 radical (unpaired) electrons. The molecule has 1 aliphatic rings. The van der Waals surface area contributed by atoms with E-state index in [1.54, 1.807) is 27.9 Å². The van der Waals surface area contributed by atoms with Crippen LogP contribution in [0.1, 0.15) is 29.3 Å². The Morgan fingerprint density at radius 1 is 1.25 bits per heavy atom. The molecule has 1 saturated heterocycles. The molecule has 2 atom stereocenters. The van der Waals surface area contributed by atoms with Crippen molar-refractivity contribution in [1.82, 2.24) is 14.7 Å². The van der Waals surface area contributed by atoms with Crippen LogP contribution in [0.15, 0.2) is 36.7 Å². The molecule has 1 aliphatic heterocycles. The fourth-order valence-electron chi connectivity index (χ4n) is 3.19. The molecule has 6 heteroatoms. The highest BCUT2D eigenvalue weighted by Crippen LogP contribution is 2.25. The smallest absolute Gasteiger partial charge is 0.306 e. The molecule has 0 spiro atoms. The van der Waals surface area contributed by atoms with Crippen LogP contribution in [-0.4, -0.2) is 44.8 Å². The van der Waals surface area contributed by atoms with Gasteiger partial charge in [0.2, 0.25) is 0 Å². The molecule has 6 nitrogen and oxygen atoms in total. The van der Waals surface area contributed by atoms with Crippen LogP contribution in [-0.2, 0) is 4.79 Å². The second-order valence-electron chi connectivity index (χ2n) is 6.47. The molecule has 2 unspecified atom stereocenters. The molecule has 1 N–H and O–H groups in total. The van der Waals surface area contributed by atoms with E-state index in [9.17, 15) is 14.7 Å². The zero-order valence-electron chi connectivity index (χ0n) is 13.8. The van der Waals surface area contributed by atoms with Crippen LogP contribution in [0.2, 0.25) is 0 Å². The van der Waals surface area contributed by atoms with Crippen LogP contribution < -0.4 is 0 Å². The lowest BCUT2D eigenvalue weighted by Gasteiger charge is -2.35. The van der Waals surface area contributed by atoms with Gasteiger partial charge in [-0.3, -0.25) is 9.59 Å². The number of carbonyl (C=O) groups excluding carboxylic acids is 1. The van der Waals surface area contributed by atoms with E-state index in [2.05, 4.69) is 5.10 Å². The Morgan fingerprint density at radius 2 is 1.96 bits per heavy atom. The summed E-state index contributed by atoms with van der Waals surface area (Å²) >= 11 is 0. The van der Waals surface area contributed by atoms with Gasteiger partial charge in [0.05, 0.1) is 17.8 Å². The number of piperidine rings is 1. The van der Waals surface area contributed by atoms with Gasteiger partial charge >= 0.3 is 5.97 Å². The van der Waals surface area contributed by atoms with Crippen molar-refractivity contribution in [3.63, 3.8) is 0 Å². The van der Waals surface area contributed by atoms with Gasteiger partial charge in [0.25, 0.3) is 5.91 Å². The maximum atomic E-state index is 12.6. The number of carboxylic acids is 1. The zero-order chi connectivity index (χ0) is 17.3. The second-order valence-corrected chi connectivity index (χ2v) is 6.47. The third kappa shape index (κ3) is 3.18. The van der Waals surface area contributed by atoms with E-state index in [0.29, 0.717) is 25.1 Å². The number of nitrogens with zero attached hydrogens (tertiary/aromatic N) is 3. The summed E-state index contributed by atoms with van der Waals surface area (Å²) in [6.45, 7) is 4.83. The van der Waals surface area contributed by atoms with Crippen molar-refractivity contribution in [2.45, 2.75) is 20.3 Å². The predicted octanol–water partition coefficient (Wildman–Crippen LogP) is 2.36. The Balaban J connectivity index is 1.70. The van der Waals surface area contributed by atoms with Gasteiger partial charge in [-0.05, 0) is 49.1 Å². The molecule has 3 rings (SSSR count). The first-order chi connectivity index (χ1) is 11.5. The number of carbonyl (C=O) groups is 2. The molecule has 24 heavy (non-hydrogen) atoms. The summed E-state index contributed by atoms with van der Waals surface area (Å²) in [6, 6.07) is 7.32.